The van der Waals surface area contributed by atoms with Gasteiger partial charge in [0.25, 0.3) is 0 Å². The Morgan fingerprint density at radius 1 is 1.29 bits per heavy atom. The van der Waals surface area contributed by atoms with Crippen LogP contribution in [0.4, 0.5) is 0 Å². The second-order valence-corrected chi connectivity index (χ2v) is 6.82. The van der Waals surface area contributed by atoms with Gasteiger partial charge in [-0.2, -0.15) is 0 Å². The highest BCUT2D eigenvalue weighted by atomic mass is 16.5. The molecule has 1 saturated heterocycles. The lowest BCUT2D eigenvalue weighted by molar-refractivity contribution is 0.0867. The molecule has 0 radical (unpaired) electrons. The predicted molar refractivity (Wildman–Crippen MR) is 92.2 cm³/mol. The molecule has 2 aromatic rings. The molecule has 1 aromatic carbocycles. The van der Waals surface area contributed by atoms with E-state index in [1.807, 2.05) is 19.4 Å². The zero-order chi connectivity index (χ0) is 16.5. The van der Waals surface area contributed by atoms with Gasteiger partial charge in [0.2, 0.25) is 0 Å². The molecule has 4 rings (SSSR count). The Balaban J connectivity index is 1.46. The van der Waals surface area contributed by atoms with Gasteiger partial charge in [0, 0.05) is 38.1 Å². The summed E-state index contributed by atoms with van der Waals surface area (Å²) < 4.78 is 13.4. The topological polar surface area (TPSA) is 48.3 Å². The number of rotatable bonds is 4. The Labute approximate surface area is 143 Å². The second kappa shape index (κ2) is 6.57. The van der Waals surface area contributed by atoms with E-state index >= 15 is 0 Å². The van der Waals surface area contributed by atoms with E-state index < -0.39 is 0 Å². The van der Waals surface area contributed by atoms with Crippen LogP contribution in [0.25, 0.3) is 0 Å². The Kier molecular flexibility index (Phi) is 4.29. The first kappa shape index (κ1) is 15.7. The summed E-state index contributed by atoms with van der Waals surface area (Å²) in [5, 5.41) is 3.84. The van der Waals surface area contributed by atoms with Gasteiger partial charge >= 0.3 is 0 Å². The van der Waals surface area contributed by atoms with E-state index in [-0.39, 0.29) is 6.10 Å². The van der Waals surface area contributed by atoms with Crippen LogP contribution in [0.15, 0.2) is 30.6 Å². The van der Waals surface area contributed by atoms with Gasteiger partial charge in [-0.25, -0.2) is 4.98 Å². The van der Waals surface area contributed by atoms with E-state index in [0.717, 1.165) is 37.4 Å². The molecule has 2 heterocycles. The van der Waals surface area contributed by atoms with Crippen LogP contribution in [0.3, 0.4) is 0 Å². The van der Waals surface area contributed by atoms with Crippen molar-refractivity contribution in [3.63, 3.8) is 0 Å². The molecule has 1 unspecified atom stereocenters. The maximum Gasteiger partial charge on any atom is 0.139 e. The Morgan fingerprint density at radius 3 is 3.00 bits per heavy atom. The van der Waals surface area contributed by atoms with Crippen molar-refractivity contribution in [2.24, 2.45) is 7.05 Å². The molecule has 0 spiro atoms. The molecule has 1 fully saturated rings. The second-order valence-electron chi connectivity index (χ2n) is 6.82. The van der Waals surface area contributed by atoms with Gasteiger partial charge in [0.05, 0.1) is 7.11 Å². The molecule has 2 aliphatic rings. The summed E-state index contributed by atoms with van der Waals surface area (Å²) in [6.45, 7) is 0.798. The Bertz CT molecular complexity index is 712. The molecule has 1 aromatic heterocycles. The van der Waals surface area contributed by atoms with Crippen LogP contribution >= 0.6 is 0 Å². The normalized spacial score (nSPS) is 26.3. The van der Waals surface area contributed by atoms with Crippen LogP contribution in [0.1, 0.15) is 35.9 Å². The molecule has 5 nitrogen and oxygen atoms in total. The molecule has 3 atom stereocenters. The first-order chi connectivity index (χ1) is 11.7. The van der Waals surface area contributed by atoms with Gasteiger partial charge in [0.15, 0.2) is 0 Å². The molecular weight excluding hydrogens is 302 g/mol. The molecule has 128 valence electrons. The van der Waals surface area contributed by atoms with Gasteiger partial charge in [-0.15, -0.1) is 0 Å². The number of hydrogen-bond donors (Lipinski definition) is 1. The van der Waals surface area contributed by atoms with E-state index in [9.17, 15) is 0 Å². The molecule has 0 bridgehead atoms. The first-order valence-corrected chi connectivity index (χ1v) is 8.75. The van der Waals surface area contributed by atoms with E-state index in [1.54, 1.807) is 7.11 Å². The average molecular weight is 327 g/mol. The summed E-state index contributed by atoms with van der Waals surface area (Å²) in [6, 6.07) is 7.28. The lowest BCUT2D eigenvalue weighted by Gasteiger charge is -2.30. The molecule has 1 aliphatic carbocycles. The summed E-state index contributed by atoms with van der Waals surface area (Å²) >= 11 is 0. The number of methoxy groups -OCH3 is 1. The molecule has 1 N–H and O–H groups in total. The van der Waals surface area contributed by atoms with E-state index in [2.05, 4.69) is 33.1 Å². The fraction of sp³-hybridized carbons (Fsp3) is 0.526. The Morgan fingerprint density at radius 2 is 2.21 bits per heavy atom. The number of aromatic nitrogens is 2. The zero-order valence-corrected chi connectivity index (χ0v) is 14.4. The van der Waals surface area contributed by atoms with E-state index in [4.69, 9.17) is 9.47 Å². The highest BCUT2D eigenvalue weighted by molar-refractivity contribution is 5.38. The molecule has 24 heavy (non-hydrogen) atoms. The quantitative estimate of drug-likeness (QED) is 0.937. The number of hydrogen-bond acceptors (Lipinski definition) is 4. The minimum Gasteiger partial charge on any atom is -0.497 e. The van der Waals surface area contributed by atoms with Gasteiger partial charge in [-0.1, -0.05) is 6.07 Å². The van der Waals surface area contributed by atoms with Crippen molar-refractivity contribution in [2.75, 3.05) is 13.7 Å². The fourth-order valence-electron chi connectivity index (χ4n) is 3.97. The van der Waals surface area contributed by atoms with Crippen molar-refractivity contribution in [2.45, 2.75) is 43.9 Å². The summed E-state index contributed by atoms with van der Waals surface area (Å²) in [4.78, 5) is 4.48. The SMILES string of the molecule is COc1ccc2c(c1)CC(N[C@H]1CCO[C@@H]1c1nccn1C)CC2. The van der Waals surface area contributed by atoms with Crippen molar-refractivity contribution in [1.82, 2.24) is 14.9 Å². The van der Waals surface area contributed by atoms with Gasteiger partial charge < -0.3 is 19.4 Å². The molecule has 5 heteroatoms. The minimum atomic E-state index is 0.0525. The predicted octanol–water partition coefficient (Wildman–Crippen LogP) is 2.41. The number of nitrogens with zero attached hydrogens (tertiary/aromatic N) is 2. The van der Waals surface area contributed by atoms with Gasteiger partial charge in [0.1, 0.15) is 17.7 Å². The number of imidazole rings is 1. The standard InChI is InChI=1S/C19H25N3O2/c1-22-9-8-20-19(22)18-17(7-10-24-18)21-15-5-3-13-4-6-16(23-2)12-14(13)11-15/h4,6,8-9,12,15,17-18,21H,3,5,7,10-11H2,1-2H3/t15?,17-,18-/m0/s1. The van der Waals surface area contributed by atoms with Crippen LogP contribution in [0.2, 0.25) is 0 Å². The van der Waals surface area contributed by atoms with E-state index in [1.165, 1.54) is 17.5 Å². The molecule has 1 aliphatic heterocycles. The van der Waals surface area contributed by atoms with Crippen molar-refractivity contribution in [1.29, 1.82) is 0 Å². The third-order valence-electron chi connectivity index (χ3n) is 5.30. The van der Waals surface area contributed by atoms with Crippen molar-refractivity contribution in [3.8, 4) is 5.75 Å². The maximum atomic E-state index is 5.97. The summed E-state index contributed by atoms with van der Waals surface area (Å²) in [5.74, 6) is 1.97. The number of fused-ring (bicyclic) bond motifs is 1. The summed E-state index contributed by atoms with van der Waals surface area (Å²) in [5.41, 5.74) is 2.86. The molecule has 0 saturated carbocycles. The van der Waals surface area contributed by atoms with Crippen LogP contribution in [0, 0.1) is 0 Å². The largest absolute Gasteiger partial charge is 0.497 e. The monoisotopic (exact) mass is 327 g/mol. The van der Waals surface area contributed by atoms with Gasteiger partial charge in [-0.05, 0) is 48.9 Å². The van der Waals surface area contributed by atoms with Crippen molar-refractivity contribution >= 4 is 0 Å². The van der Waals surface area contributed by atoms with E-state index in [0.29, 0.717) is 12.1 Å². The summed E-state index contributed by atoms with van der Waals surface area (Å²) in [7, 11) is 3.76. The third-order valence-corrected chi connectivity index (χ3v) is 5.30. The number of nitrogens with one attached hydrogen (secondary N) is 1. The molecular formula is C19H25N3O2. The average Bonchev–Trinajstić information content (AvgIpc) is 3.22. The highest BCUT2D eigenvalue weighted by Crippen LogP contribution is 2.31. The highest BCUT2D eigenvalue weighted by Gasteiger charge is 2.34. The Hall–Kier alpha value is -1.85. The van der Waals surface area contributed by atoms with Gasteiger partial charge in [-0.3, -0.25) is 0 Å². The fourth-order valence-corrected chi connectivity index (χ4v) is 3.97. The smallest absolute Gasteiger partial charge is 0.139 e. The number of aryl methyl sites for hydroxylation is 2. The minimum absolute atomic E-state index is 0.0525. The van der Waals surface area contributed by atoms with Crippen LogP contribution in [-0.4, -0.2) is 35.4 Å². The molecule has 0 amide bonds. The lowest BCUT2D eigenvalue weighted by atomic mass is 9.87. The first-order valence-electron chi connectivity index (χ1n) is 8.75. The third kappa shape index (κ3) is 2.94. The van der Waals surface area contributed by atoms with Crippen molar-refractivity contribution < 1.29 is 9.47 Å². The number of benzene rings is 1. The van der Waals surface area contributed by atoms with Crippen LogP contribution < -0.4 is 10.1 Å². The van der Waals surface area contributed by atoms with Crippen LogP contribution in [0.5, 0.6) is 5.75 Å². The lowest BCUT2D eigenvalue weighted by Crippen LogP contribution is -2.43. The summed E-state index contributed by atoms with van der Waals surface area (Å²) in [6.07, 6.45) is 8.27. The zero-order valence-electron chi connectivity index (χ0n) is 14.4. The number of ether oxygens (including phenoxy) is 2. The maximum absolute atomic E-state index is 5.97. The van der Waals surface area contributed by atoms with Crippen LogP contribution in [-0.2, 0) is 24.6 Å². The van der Waals surface area contributed by atoms with Crippen molar-refractivity contribution in [3.05, 3.63) is 47.5 Å².